The van der Waals surface area contributed by atoms with E-state index in [1.54, 1.807) is 18.2 Å². The van der Waals surface area contributed by atoms with Gasteiger partial charge in [-0.1, -0.05) is 11.6 Å². The normalized spacial score (nSPS) is 13.7. The topological polar surface area (TPSA) is 79.5 Å². The van der Waals surface area contributed by atoms with Crippen LogP contribution in [-0.2, 0) is 4.79 Å². The van der Waals surface area contributed by atoms with E-state index in [1.807, 2.05) is 0 Å². The molecular weight excluding hydrogens is 306 g/mol. The number of nitrogens with one attached hydrogen (secondary N) is 3. The van der Waals surface area contributed by atoms with Gasteiger partial charge in [-0.25, -0.2) is 4.79 Å². The number of allylic oxidation sites excluding steroid dienone is 1. The third kappa shape index (κ3) is 5.61. The van der Waals surface area contributed by atoms with Gasteiger partial charge in [-0.05, 0) is 50.3 Å². The molecule has 1 aliphatic rings. The Hall–Kier alpha value is -2.50. The summed E-state index contributed by atoms with van der Waals surface area (Å²) in [5.41, 5.74) is 2.54. The molecule has 3 amide bonds. The summed E-state index contributed by atoms with van der Waals surface area (Å²) in [5, 5.41) is 8.31. The summed E-state index contributed by atoms with van der Waals surface area (Å²) in [6.07, 6.45) is 7.96. The second-order valence-electron chi connectivity index (χ2n) is 5.84. The van der Waals surface area contributed by atoms with Gasteiger partial charge in [0.15, 0.2) is 0 Å². The van der Waals surface area contributed by atoms with Crippen molar-refractivity contribution in [2.75, 3.05) is 24.3 Å². The van der Waals surface area contributed by atoms with Gasteiger partial charge in [0, 0.05) is 19.2 Å². The van der Waals surface area contributed by atoms with E-state index >= 15 is 0 Å². The van der Waals surface area contributed by atoms with Gasteiger partial charge in [0.25, 0.3) is 0 Å². The summed E-state index contributed by atoms with van der Waals surface area (Å²) in [6, 6.07) is 4.81. The summed E-state index contributed by atoms with van der Waals surface area (Å²) in [4.78, 5) is 23.2. The highest BCUT2D eigenvalue weighted by Crippen LogP contribution is 2.27. The largest absolute Gasteiger partial charge is 0.495 e. The van der Waals surface area contributed by atoms with Gasteiger partial charge in [-0.15, -0.1) is 0 Å². The van der Waals surface area contributed by atoms with Crippen molar-refractivity contribution in [3.63, 3.8) is 0 Å². The zero-order chi connectivity index (χ0) is 17.4. The first-order chi connectivity index (χ1) is 11.6. The Morgan fingerprint density at radius 3 is 2.71 bits per heavy atom. The number of hydrogen-bond donors (Lipinski definition) is 3. The van der Waals surface area contributed by atoms with Gasteiger partial charge in [0.2, 0.25) is 5.91 Å². The quantitative estimate of drug-likeness (QED) is 0.696. The molecule has 2 rings (SSSR count). The van der Waals surface area contributed by atoms with Gasteiger partial charge < -0.3 is 20.7 Å². The van der Waals surface area contributed by atoms with Crippen molar-refractivity contribution < 1.29 is 14.3 Å². The summed E-state index contributed by atoms with van der Waals surface area (Å²) in [6.45, 7) is 2.04. The van der Waals surface area contributed by atoms with E-state index in [4.69, 9.17) is 4.74 Å². The lowest BCUT2D eigenvalue weighted by Crippen LogP contribution is -2.30. The minimum absolute atomic E-state index is 0.170. The summed E-state index contributed by atoms with van der Waals surface area (Å²) in [5.74, 6) is 0.366. The third-order valence-corrected chi connectivity index (χ3v) is 3.88. The Kier molecular flexibility index (Phi) is 6.66. The van der Waals surface area contributed by atoms with E-state index in [-0.39, 0.29) is 11.9 Å². The number of anilines is 2. The van der Waals surface area contributed by atoms with Crippen LogP contribution < -0.4 is 20.7 Å². The molecule has 0 atom stereocenters. The smallest absolute Gasteiger partial charge is 0.319 e. The zero-order valence-electron chi connectivity index (χ0n) is 14.3. The molecule has 24 heavy (non-hydrogen) atoms. The van der Waals surface area contributed by atoms with E-state index in [1.165, 1.54) is 32.4 Å². The average Bonchev–Trinajstić information content (AvgIpc) is 2.55. The molecule has 0 saturated heterocycles. The average molecular weight is 331 g/mol. The van der Waals surface area contributed by atoms with Crippen molar-refractivity contribution in [3.8, 4) is 5.75 Å². The third-order valence-electron chi connectivity index (χ3n) is 3.88. The molecule has 0 saturated carbocycles. The first kappa shape index (κ1) is 17.8. The highest BCUT2D eigenvalue weighted by molar-refractivity contribution is 5.94. The first-order valence-corrected chi connectivity index (χ1v) is 8.27. The molecule has 6 heteroatoms. The van der Waals surface area contributed by atoms with E-state index < -0.39 is 0 Å². The number of carbonyl (C=O) groups is 2. The van der Waals surface area contributed by atoms with Crippen molar-refractivity contribution in [2.24, 2.45) is 0 Å². The van der Waals surface area contributed by atoms with Crippen molar-refractivity contribution in [1.82, 2.24) is 5.32 Å². The number of ether oxygens (including phenoxy) is 1. The molecule has 0 aliphatic heterocycles. The summed E-state index contributed by atoms with van der Waals surface area (Å²) >= 11 is 0. The van der Waals surface area contributed by atoms with E-state index in [9.17, 15) is 9.59 Å². The van der Waals surface area contributed by atoms with Crippen molar-refractivity contribution in [2.45, 2.75) is 39.0 Å². The Labute approximate surface area is 142 Å². The number of methoxy groups -OCH3 is 1. The predicted octanol–water partition coefficient (Wildman–Crippen LogP) is 3.67. The number of carbonyl (C=O) groups excluding carboxylic acids is 2. The SMILES string of the molecule is COc1ccc(NC(C)=O)cc1NC(=O)NCCC1=CCCCC1. The molecule has 0 radical (unpaired) electrons. The van der Waals surface area contributed by atoms with Crippen LogP contribution in [0.2, 0.25) is 0 Å². The molecule has 0 fully saturated rings. The molecule has 0 unspecified atom stereocenters. The molecule has 0 bridgehead atoms. The minimum Gasteiger partial charge on any atom is -0.495 e. The molecular formula is C18H25N3O3. The van der Waals surface area contributed by atoms with Crippen LogP contribution in [0.3, 0.4) is 0 Å². The standard InChI is InChI=1S/C18H25N3O3/c1-13(22)20-15-8-9-17(24-2)16(12-15)21-18(23)19-11-10-14-6-4-3-5-7-14/h6,8-9,12H,3-5,7,10-11H2,1-2H3,(H,20,22)(H2,19,21,23). The van der Waals surface area contributed by atoms with Gasteiger partial charge in [0.1, 0.15) is 5.75 Å². The van der Waals surface area contributed by atoms with Gasteiger partial charge in [-0.2, -0.15) is 0 Å². The van der Waals surface area contributed by atoms with Crippen molar-refractivity contribution in [1.29, 1.82) is 0 Å². The molecule has 130 valence electrons. The van der Waals surface area contributed by atoms with Crippen LogP contribution in [0.15, 0.2) is 29.8 Å². The molecule has 1 aliphatic carbocycles. The second kappa shape index (κ2) is 8.96. The van der Waals surface area contributed by atoms with Crippen LogP contribution in [0.5, 0.6) is 5.75 Å². The van der Waals surface area contributed by atoms with Crippen molar-refractivity contribution in [3.05, 3.63) is 29.8 Å². The lowest BCUT2D eigenvalue weighted by molar-refractivity contribution is -0.114. The van der Waals surface area contributed by atoms with Crippen LogP contribution in [-0.4, -0.2) is 25.6 Å². The second-order valence-corrected chi connectivity index (χ2v) is 5.84. The van der Waals surface area contributed by atoms with Crippen LogP contribution in [0.25, 0.3) is 0 Å². The Morgan fingerprint density at radius 2 is 2.04 bits per heavy atom. The van der Waals surface area contributed by atoms with Gasteiger partial charge in [0.05, 0.1) is 12.8 Å². The van der Waals surface area contributed by atoms with E-state index in [0.29, 0.717) is 23.7 Å². The Balaban J connectivity index is 1.89. The summed E-state index contributed by atoms with van der Waals surface area (Å²) in [7, 11) is 1.53. The maximum Gasteiger partial charge on any atom is 0.319 e. The molecule has 3 N–H and O–H groups in total. The molecule has 6 nitrogen and oxygen atoms in total. The molecule has 0 aromatic heterocycles. The highest BCUT2D eigenvalue weighted by atomic mass is 16.5. The number of hydrogen-bond acceptors (Lipinski definition) is 3. The van der Waals surface area contributed by atoms with Crippen LogP contribution in [0.4, 0.5) is 16.2 Å². The van der Waals surface area contributed by atoms with Crippen molar-refractivity contribution >= 4 is 23.3 Å². The molecule has 0 heterocycles. The van der Waals surface area contributed by atoms with E-state index in [0.717, 1.165) is 19.3 Å². The monoisotopic (exact) mass is 331 g/mol. The lowest BCUT2D eigenvalue weighted by atomic mass is 9.97. The lowest BCUT2D eigenvalue weighted by Gasteiger charge is -2.15. The van der Waals surface area contributed by atoms with Gasteiger partial charge in [-0.3, -0.25) is 4.79 Å². The van der Waals surface area contributed by atoms with E-state index in [2.05, 4.69) is 22.0 Å². The maximum absolute atomic E-state index is 12.1. The molecule has 1 aromatic rings. The first-order valence-electron chi connectivity index (χ1n) is 8.27. The number of amides is 3. The van der Waals surface area contributed by atoms with Crippen LogP contribution in [0.1, 0.15) is 39.0 Å². The number of rotatable bonds is 6. The molecule has 1 aromatic carbocycles. The maximum atomic E-state index is 12.1. The number of benzene rings is 1. The highest BCUT2D eigenvalue weighted by Gasteiger charge is 2.10. The Bertz CT molecular complexity index is 626. The predicted molar refractivity (Wildman–Crippen MR) is 95.5 cm³/mol. The number of urea groups is 1. The summed E-state index contributed by atoms with van der Waals surface area (Å²) < 4.78 is 5.24. The molecule has 0 spiro atoms. The fraction of sp³-hybridized carbons (Fsp3) is 0.444. The Morgan fingerprint density at radius 1 is 1.21 bits per heavy atom. The fourth-order valence-electron chi connectivity index (χ4n) is 2.72. The fourth-order valence-corrected chi connectivity index (χ4v) is 2.72. The van der Waals surface area contributed by atoms with Crippen LogP contribution >= 0.6 is 0 Å². The van der Waals surface area contributed by atoms with Crippen LogP contribution in [0, 0.1) is 0 Å². The zero-order valence-corrected chi connectivity index (χ0v) is 14.3. The van der Waals surface area contributed by atoms with Gasteiger partial charge >= 0.3 is 6.03 Å². The minimum atomic E-state index is -0.287.